The first kappa shape index (κ1) is 47.0. The van der Waals surface area contributed by atoms with Crippen LogP contribution in [0.3, 0.4) is 0 Å². The fraction of sp³-hybridized carbons (Fsp3) is 0.949. The second-order valence-corrected chi connectivity index (χ2v) is 17.0. The molecule has 15 nitrogen and oxygen atoms in total. The van der Waals surface area contributed by atoms with Gasteiger partial charge in [0, 0.05) is 37.3 Å². The molecule has 3 aliphatic heterocycles. The molecule has 3 rings (SSSR count). The molecule has 2 unspecified atom stereocenters. The zero-order valence-electron chi connectivity index (χ0n) is 34.8. The van der Waals surface area contributed by atoms with Crippen molar-refractivity contribution >= 4 is 11.8 Å². The van der Waals surface area contributed by atoms with Crippen molar-refractivity contribution in [3.63, 3.8) is 0 Å². The van der Waals surface area contributed by atoms with E-state index < -0.39 is 102 Å². The lowest BCUT2D eigenvalue weighted by Gasteiger charge is -2.50. The van der Waals surface area contributed by atoms with Crippen molar-refractivity contribution in [3.05, 3.63) is 0 Å². The van der Waals surface area contributed by atoms with E-state index in [0.29, 0.717) is 6.42 Å². The lowest BCUT2D eigenvalue weighted by atomic mass is 9.73. The molecule has 5 N–H and O–H groups in total. The molecule has 3 heterocycles. The van der Waals surface area contributed by atoms with Crippen LogP contribution in [-0.4, -0.2) is 161 Å². The van der Waals surface area contributed by atoms with Gasteiger partial charge in [0.25, 0.3) is 0 Å². The Balaban J connectivity index is 2.27. The van der Waals surface area contributed by atoms with Gasteiger partial charge in [-0.15, -0.1) is 0 Å². The molecule has 3 aliphatic rings. The Labute approximate surface area is 321 Å². The molecular formula is C39H71NO14. The first-order chi connectivity index (χ1) is 25.0. The van der Waals surface area contributed by atoms with E-state index in [0.717, 1.165) is 0 Å². The van der Waals surface area contributed by atoms with Crippen LogP contribution in [0.2, 0.25) is 0 Å². The van der Waals surface area contributed by atoms with E-state index >= 15 is 0 Å². The third-order valence-electron chi connectivity index (χ3n) is 12.3. The minimum Gasteiger partial charge on any atom is -0.459 e. The molecule has 0 radical (unpaired) electrons. The van der Waals surface area contributed by atoms with E-state index in [1.54, 1.807) is 48.5 Å². The number of likely N-dealkylation sites (N-methyl/N-ethyl adjacent to an activating group) is 1. The molecule has 15 heteroatoms. The SMILES string of the molecule is CCC1OC(=O)[C@H](C)C(O[C@H]2C[C@@](C)(OC)[C@@H](O)[C@H](C)O2)[C@H](C)[C@@H](O[C@@H]2O[C@H](C)C[C@H](N(C)C)[C@H]2O)[C@](C)(OCCO)C[C@@H](C)C(=O)[C@H](C)[C@@H](O)[C@]1(C)O. The average Bonchev–Trinajstić information content (AvgIpc) is 3.11. The summed E-state index contributed by atoms with van der Waals surface area (Å²) in [5.41, 5.74) is -4.46. The molecule has 316 valence electrons. The average molecular weight is 778 g/mol. The Morgan fingerprint density at radius 3 is 2.07 bits per heavy atom. The van der Waals surface area contributed by atoms with E-state index in [1.165, 1.54) is 21.0 Å². The maximum absolute atomic E-state index is 14.2. The summed E-state index contributed by atoms with van der Waals surface area (Å²) in [5.74, 6) is -4.81. The number of nitrogens with zero attached hydrogens (tertiary/aromatic N) is 1. The minimum atomic E-state index is -2.00. The number of ether oxygens (including phenoxy) is 7. The van der Waals surface area contributed by atoms with Gasteiger partial charge in [-0.25, -0.2) is 0 Å². The van der Waals surface area contributed by atoms with Crippen LogP contribution in [0.15, 0.2) is 0 Å². The summed E-state index contributed by atoms with van der Waals surface area (Å²) in [4.78, 5) is 30.2. The third kappa shape index (κ3) is 10.2. The number of Topliss-reactive ketones (excluding diaryl/α,β-unsaturated/α-hetero) is 1. The summed E-state index contributed by atoms with van der Waals surface area (Å²) in [7, 11) is 5.21. The van der Waals surface area contributed by atoms with Crippen LogP contribution in [0.1, 0.15) is 94.9 Å². The molecule has 0 bridgehead atoms. The Bertz CT molecular complexity index is 1220. The van der Waals surface area contributed by atoms with Gasteiger partial charge in [-0.1, -0.05) is 27.7 Å². The number of carbonyl (C=O) groups is 2. The second-order valence-electron chi connectivity index (χ2n) is 17.0. The predicted molar refractivity (Wildman–Crippen MR) is 197 cm³/mol. The fourth-order valence-electron chi connectivity index (χ4n) is 8.81. The number of hydrogen-bond acceptors (Lipinski definition) is 15. The number of hydrogen-bond donors (Lipinski definition) is 5. The van der Waals surface area contributed by atoms with Gasteiger partial charge in [0.05, 0.1) is 60.9 Å². The second kappa shape index (κ2) is 18.9. The molecule has 0 amide bonds. The van der Waals surface area contributed by atoms with Crippen molar-refractivity contribution in [2.24, 2.45) is 23.7 Å². The van der Waals surface area contributed by atoms with E-state index in [4.69, 9.17) is 33.2 Å². The predicted octanol–water partition coefficient (Wildman–Crippen LogP) is 1.80. The molecule has 0 aliphatic carbocycles. The zero-order chi connectivity index (χ0) is 41.1. The fourth-order valence-corrected chi connectivity index (χ4v) is 8.81. The lowest BCUT2D eigenvalue weighted by Crippen LogP contribution is -2.61. The number of aliphatic hydroxyl groups excluding tert-OH is 4. The van der Waals surface area contributed by atoms with Gasteiger partial charge < -0.3 is 63.6 Å². The van der Waals surface area contributed by atoms with Crippen molar-refractivity contribution in [1.82, 2.24) is 4.90 Å². The highest BCUT2D eigenvalue weighted by Crippen LogP contribution is 2.42. The number of ketones is 1. The molecule has 0 saturated carbocycles. The van der Waals surface area contributed by atoms with Crippen molar-refractivity contribution in [3.8, 4) is 0 Å². The lowest BCUT2D eigenvalue weighted by molar-refractivity contribution is -0.321. The van der Waals surface area contributed by atoms with Crippen molar-refractivity contribution in [2.75, 3.05) is 34.4 Å². The molecule has 0 aromatic carbocycles. The van der Waals surface area contributed by atoms with E-state index in [2.05, 4.69) is 0 Å². The van der Waals surface area contributed by atoms with Crippen LogP contribution in [-0.2, 0) is 42.7 Å². The normalized spacial score (nSPS) is 47.6. The van der Waals surface area contributed by atoms with Gasteiger partial charge in [0.15, 0.2) is 12.6 Å². The Hall–Kier alpha value is -1.34. The molecule has 54 heavy (non-hydrogen) atoms. The molecule has 0 aromatic rings. The molecule has 3 fully saturated rings. The van der Waals surface area contributed by atoms with Gasteiger partial charge in [-0.3, -0.25) is 9.59 Å². The zero-order valence-corrected chi connectivity index (χ0v) is 34.8. The standard InChI is InChI=1S/C39H71NO14/c1-14-27-39(10,47)32(44)22(4)29(42)20(2)18-38(9,49-16-15-41)34(54-36-30(43)26(40(11)12)17-21(3)50-36)23(5)31(24(6)35(46)52-27)53-28-19-37(8,48-13)33(45)25(7)51-28/h20-28,30-34,36,41,43-45,47H,14-19H2,1-13H3/t20-,21-,22+,23+,24-,25+,26+,27?,28+,30-,31?,32-,33+,34-,36+,37-,38-,39-/m1/s1. The number of aliphatic hydroxyl groups is 5. The summed E-state index contributed by atoms with van der Waals surface area (Å²) >= 11 is 0. The van der Waals surface area contributed by atoms with Crippen LogP contribution in [0.5, 0.6) is 0 Å². The summed E-state index contributed by atoms with van der Waals surface area (Å²) in [6.07, 6.45) is -9.39. The molecule has 18 atom stereocenters. The smallest absolute Gasteiger partial charge is 0.311 e. The van der Waals surface area contributed by atoms with Crippen LogP contribution in [0.4, 0.5) is 0 Å². The highest BCUT2D eigenvalue weighted by molar-refractivity contribution is 5.83. The van der Waals surface area contributed by atoms with Gasteiger partial charge in [-0.2, -0.15) is 0 Å². The van der Waals surface area contributed by atoms with Gasteiger partial charge >= 0.3 is 5.97 Å². The molecule has 0 aromatic heterocycles. The summed E-state index contributed by atoms with van der Waals surface area (Å²) < 4.78 is 44.1. The van der Waals surface area contributed by atoms with Gasteiger partial charge in [-0.05, 0) is 74.9 Å². The minimum absolute atomic E-state index is 0.0170. The number of rotatable bonds is 10. The number of carbonyl (C=O) groups excluding carboxylic acids is 2. The van der Waals surface area contributed by atoms with Crippen LogP contribution < -0.4 is 0 Å². The maximum atomic E-state index is 14.2. The highest BCUT2D eigenvalue weighted by atomic mass is 16.7. The maximum Gasteiger partial charge on any atom is 0.311 e. The van der Waals surface area contributed by atoms with Crippen LogP contribution >= 0.6 is 0 Å². The first-order valence-corrected chi connectivity index (χ1v) is 19.6. The molecule has 3 saturated heterocycles. The van der Waals surface area contributed by atoms with E-state index in [-0.39, 0.29) is 50.4 Å². The summed E-state index contributed by atoms with van der Waals surface area (Å²) in [6, 6.07) is -0.324. The number of methoxy groups -OCH3 is 1. The topological polar surface area (TPSA) is 203 Å². The van der Waals surface area contributed by atoms with Crippen molar-refractivity contribution in [2.45, 2.75) is 179 Å². The van der Waals surface area contributed by atoms with E-state index in [1.807, 2.05) is 25.9 Å². The van der Waals surface area contributed by atoms with Crippen molar-refractivity contribution < 1.29 is 68.3 Å². The Morgan fingerprint density at radius 2 is 1.52 bits per heavy atom. The quantitative estimate of drug-likeness (QED) is 0.201. The molecule has 0 spiro atoms. The highest BCUT2D eigenvalue weighted by Gasteiger charge is 2.54. The van der Waals surface area contributed by atoms with Crippen molar-refractivity contribution in [1.29, 1.82) is 0 Å². The summed E-state index contributed by atoms with van der Waals surface area (Å²) in [5, 5.41) is 55.7. The third-order valence-corrected chi connectivity index (χ3v) is 12.3. The number of cyclic esters (lactones) is 1. The van der Waals surface area contributed by atoms with Crippen LogP contribution in [0, 0.1) is 23.7 Å². The first-order valence-electron chi connectivity index (χ1n) is 19.6. The Morgan fingerprint density at radius 1 is 0.889 bits per heavy atom. The van der Waals surface area contributed by atoms with E-state index in [9.17, 15) is 35.1 Å². The van der Waals surface area contributed by atoms with Gasteiger partial charge in [0.1, 0.15) is 29.7 Å². The monoisotopic (exact) mass is 777 g/mol. The van der Waals surface area contributed by atoms with Gasteiger partial charge in [0.2, 0.25) is 0 Å². The van der Waals surface area contributed by atoms with Crippen LogP contribution in [0.25, 0.3) is 0 Å². The number of esters is 1. The Kier molecular flexibility index (Phi) is 16.5. The summed E-state index contributed by atoms with van der Waals surface area (Å²) in [6.45, 7) is 16.3. The molecular weight excluding hydrogens is 706 g/mol. The largest absolute Gasteiger partial charge is 0.459 e.